The summed E-state index contributed by atoms with van der Waals surface area (Å²) in [6.45, 7) is -2.67. The van der Waals surface area contributed by atoms with Crippen LogP contribution in [0.1, 0.15) is 19.3 Å². The van der Waals surface area contributed by atoms with Crippen LogP contribution in [0.25, 0.3) is 0 Å². The summed E-state index contributed by atoms with van der Waals surface area (Å²) in [6.07, 6.45) is -2.34. The molecule has 0 saturated carbocycles. The lowest BCUT2D eigenvalue weighted by Gasteiger charge is -1.93. The SMILES string of the molecule is [2H]C([2H])([2H])C([2H])([2H])c1ccc(Cl)cc1. The zero-order valence-electron chi connectivity index (χ0n) is 9.69. The molecule has 0 aliphatic heterocycles. The molecule has 0 aliphatic rings. The van der Waals surface area contributed by atoms with Gasteiger partial charge in [0.2, 0.25) is 0 Å². The lowest BCUT2D eigenvalue weighted by Crippen LogP contribution is -1.75. The van der Waals surface area contributed by atoms with E-state index in [0.29, 0.717) is 5.02 Å². The highest BCUT2D eigenvalue weighted by molar-refractivity contribution is 6.30. The average Bonchev–Trinajstić information content (AvgIpc) is 2.03. The van der Waals surface area contributed by atoms with Crippen LogP contribution in [0, 0.1) is 0 Å². The van der Waals surface area contributed by atoms with Crippen molar-refractivity contribution in [2.75, 3.05) is 0 Å². The Morgan fingerprint density at radius 3 is 2.78 bits per heavy atom. The van der Waals surface area contributed by atoms with E-state index in [1.807, 2.05) is 0 Å². The van der Waals surface area contributed by atoms with E-state index in [1.165, 1.54) is 24.3 Å². The summed E-state index contributed by atoms with van der Waals surface area (Å²) >= 11 is 5.61. The van der Waals surface area contributed by atoms with Gasteiger partial charge in [0.15, 0.2) is 0 Å². The minimum Gasteiger partial charge on any atom is -0.0843 e. The number of hydrogen-bond acceptors (Lipinski definition) is 0. The van der Waals surface area contributed by atoms with Crippen LogP contribution >= 0.6 is 11.6 Å². The summed E-state index contributed by atoms with van der Waals surface area (Å²) in [6, 6.07) is 5.71. The molecule has 0 fully saturated rings. The Kier molecular flexibility index (Phi) is 0.842. The molecule has 0 saturated heterocycles. The quantitative estimate of drug-likeness (QED) is 0.570. The van der Waals surface area contributed by atoms with E-state index in [-0.39, 0.29) is 5.56 Å². The van der Waals surface area contributed by atoms with Gasteiger partial charge in [0, 0.05) is 11.9 Å². The molecule has 1 aromatic carbocycles. The monoisotopic (exact) mass is 145 g/mol. The van der Waals surface area contributed by atoms with E-state index >= 15 is 0 Å². The lowest BCUT2D eigenvalue weighted by atomic mass is 10.2. The van der Waals surface area contributed by atoms with E-state index in [0.717, 1.165) is 0 Å². The van der Waals surface area contributed by atoms with E-state index < -0.39 is 13.2 Å². The minimum absolute atomic E-state index is 0.113. The van der Waals surface area contributed by atoms with Crippen LogP contribution in [0.5, 0.6) is 0 Å². The van der Waals surface area contributed by atoms with Gasteiger partial charge in [-0.25, -0.2) is 0 Å². The van der Waals surface area contributed by atoms with Crippen molar-refractivity contribution in [3.8, 4) is 0 Å². The number of aryl methyl sites for hydroxylation is 1. The van der Waals surface area contributed by atoms with E-state index in [4.69, 9.17) is 18.5 Å². The molecule has 1 aromatic rings. The Bertz CT molecular complexity index is 313. The molecule has 0 bridgehead atoms. The third-order valence-electron chi connectivity index (χ3n) is 0.989. The van der Waals surface area contributed by atoms with Crippen molar-refractivity contribution < 1.29 is 6.85 Å². The zero-order chi connectivity index (χ0) is 11.0. The molecule has 0 N–H and O–H groups in total. The Balaban J connectivity index is 3.10. The molecule has 0 aliphatic carbocycles. The molecule has 0 aromatic heterocycles. The van der Waals surface area contributed by atoms with Crippen molar-refractivity contribution in [1.82, 2.24) is 0 Å². The first-order valence-electron chi connectivity index (χ1n) is 5.01. The number of benzene rings is 1. The van der Waals surface area contributed by atoms with Gasteiger partial charge in [-0.15, -0.1) is 0 Å². The minimum atomic E-state index is -2.67. The fraction of sp³-hybridized carbons (Fsp3) is 0.250. The van der Waals surface area contributed by atoms with E-state index in [9.17, 15) is 0 Å². The highest BCUT2D eigenvalue weighted by Crippen LogP contribution is 2.09. The molecule has 0 radical (unpaired) electrons. The van der Waals surface area contributed by atoms with E-state index in [1.54, 1.807) is 0 Å². The first-order valence-corrected chi connectivity index (χ1v) is 2.89. The van der Waals surface area contributed by atoms with Crippen molar-refractivity contribution >= 4 is 11.6 Å². The van der Waals surface area contributed by atoms with Gasteiger partial charge in [-0.2, -0.15) is 0 Å². The van der Waals surface area contributed by atoms with Gasteiger partial charge in [0.25, 0.3) is 0 Å². The van der Waals surface area contributed by atoms with Crippen LogP contribution in [0.4, 0.5) is 0 Å². The normalized spacial score (nSPS) is 20.8. The van der Waals surface area contributed by atoms with Gasteiger partial charge in [-0.05, 0) is 24.1 Å². The Hall–Kier alpha value is -0.490. The third kappa shape index (κ3) is 1.72. The molecule has 0 amide bonds. The highest BCUT2D eigenvalue weighted by Gasteiger charge is 1.86. The molecule has 9 heavy (non-hydrogen) atoms. The van der Waals surface area contributed by atoms with Crippen molar-refractivity contribution in [2.45, 2.75) is 13.2 Å². The lowest BCUT2D eigenvalue weighted by molar-refractivity contribution is 1.14. The summed E-state index contributed by atoms with van der Waals surface area (Å²) in [5.74, 6) is 0. The van der Waals surface area contributed by atoms with Crippen LogP contribution in [0.15, 0.2) is 24.3 Å². The molecular weight excluding hydrogens is 132 g/mol. The fourth-order valence-electron chi connectivity index (χ4n) is 0.533. The van der Waals surface area contributed by atoms with Crippen LogP contribution in [-0.2, 0) is 6.37 Å². The van der Waals surface area contributed by atoms with Crippen LogP contribution < -0.4 is 0 Å². The van der Waals surface area contributed by atoms with Crippen LogP contribution in [0.2, 0.25) is 5.02 Å². The van der Waals surface area contributed by atoms with Gasteiger partial charge in [0.1, 0.15) is 0 Å². The maximum Gasteiger partial charge on any atom is 0.0406 e. The zero-order valence-corrected chi connectivity index (χ0v) is 5.44. The predicted octanol–water partition coefficient (Wildman–Crippen LogP) is 2.90. The third-order valence-corrected chi connectivity index (χ3v) is 1.24. The van der Waals surface area contributed by atoms with Crippen molar-refractivity contribution in [1.29, 1.82) is 0 Å². The summed E-state index contributed by atoms with van der Waals surface area (Å²) in [4.78, 5) is 0. The number of halogens is 1. The summed E-state index contributed by atoms with van der Waals surface area (Å²) in [5.41, 5.74) is 0.113. The average molecular weight is 146 g/mol. The van der Waals surface area contributed by atoms with Crippen LogP contribution in [-0.4, -0.2) is 0 Å². The second kappa shape index (κ2) is 2.88. The molecule has 0 heterocycles. The van der Waals surface area contributed by atoms with Gasteiger partial charge < -0.3 is 0 Å². The van der Waals surface area contributed by atoms with Gasteiger partial charge in [0.05, 0.1) is 0 Å². The molecule has 0 atom stereocenters. The fourth-order valence-corrected chi connectivity index (χ4v) is 0.659. The Labute approximate surface area is 67.5 Å². The first-order chi connectivity index (χ1) is 6.25. The smallest absolute Gasteiger partial charge is 0.0406 e. The predicted molar refractivity (Wildman–Crippen MR) is 40.8 cm³/mol. The maximum atomic E-state index is 7.45. The topological polar surface area (TPSA) is 0 Å². The molecule has 0 nitrogen and oxygen atoms in total. The van der Waals surface area contributed by atoms with Gasteiger partial charge >= 0.3 is 0 Å². The summed E-state index contributed by atoms with van der Waals surface area (Å²) in [7, 11) is 0. The van der Waals surface area contributed by atoms with Crippen molar-refractivity contribution in [3.05, 3.63) is 34.9 Å². The molecular formula is C8H9Cl. The number of hydrogen-bond donors (Lipinski definition) is 0. The van der Waals surface area contributed by atoms with Crippen LogP contribution in [0.3, 0.4) is 0 Å². The Morgan fingerprint density at radius 2 is 2.22 bits per heavy atom. The second-order valence-electron chi connectivity index (χ2n) is 1.63. The summed E-state index contributed by atoms with van der Waals surface area (Å²) in [5, 5.41) is 0.454. The first kappa shape index (κ1) is 2.63. The standard InChI is InChI=1S/C8H9Cl/c1-2-7-3-5-8(9)6-4-7/h3-6H,2H2,1H3/i1D3,2D2. The van der Waals surface area contributed by atoms with E-state index in [2.05, 4.69) is 0 Å². The van der Waals surface area contributed by atoms with Gasteiger partial charge in [-0.1, -0.05) is 30.6 Å². The largest absolute Gasteiger partial charge is 0.0843 e. The molecule has 0 spiro atoms. The molecule has 1 rings (SSSR count). The Morgan fingerprint density at radius 1 is 1.56 bits per heavy atom. The maximum absolute atomic E-state index is 7.45. The molecule has 1 heteroatoms. The van der Waals surface area contributed by atoms with Crippen molar-refractivity contribution in [3.63, 3.8) is 0 Å². The highest BCUT2D eigenvalue weighted by atomic mass is 35.5. The molecule has 0 unspecified atom stereocenters. The second-order valence-corrected chi connectivity index (χ2v) is 2.07. The van der Waals surface area contributed by atoms with Crippen molar-refractivity contribution in [2.24, 2.45) is 0 Å². The number of rotatable bonds is 1. The van der Waals surface area contributed by atoms with Gasteiger partial charge in [-0.3, -0.25) is 0 Å². The summed E-state index contributed by atoms with van der Waals surface area (Å²) < 4.78 is 36.1. The molecule has 48 valence electrons.